The molecule has 1 aromatic heterocycles. The fourth-order valence-electron chi connectivity index (χ4n) is 2.87. The van der Waals surface area contributed by atoms with E-state index in [1.807, 2.05) is 18.2 Å². The summed E-state index contributed by atoms with van der Waals surface area (Å²) < 4.78 is 5.91. The van der Waals surface area contributed by atoms with E-state index in [1.54, 1.807) is 0 Å². The van der Waals surface area contributed by atoms with Crippen molar-refractivity contribution in [3.8, 4) is 0 Å². The SMILES string of the molecule is CC(C)N(Cc1cc2ccccc2o1)C[C@H]1CCC(=O)N1. The number of rotatable bonds is 5. The summed E-state index contributed by atoms with van der Waals surface area (Å²) in [5.74, 6) is 1.15. The molecule has 2 aromatic rings. The van der Waals surface area contributed by atoms with E-state index < -0.39 is 0 Å². The van der Waals surface area contributed by atoms with Crippen LogP contribution in [0.5, 0.6) is 0 Å². The number of hydrogen-bond acceptors (Lipinski definition) is 3. The Labute approximate surface area is 125 Å². The molecule has 0 aliphatic carbocycles. The minimum Gasteiger partial charge on any atom is -0.460 e. The van der Waals surface area contributed by atoms with Gasteiger partial charge in [0.2, 0.25) is 5.91 Å². The fourth-order valence-corrected chi connectivity index (χ4v) is 2.87. The second kappa shape index (κ2) is 5.90. The minimum atomic E-state index is 0.174. The van der Waals surface area contributed by atoms with Gasteiger partial charge in [-0.3, -0.25) is 9.69 Å². The Bertz CT molecular complexity index is 600. The lowest BCUT2D eigenvalue weighted by Gasteiger charge is -2.28. The molecule has 1 N–H and O–H groups in total. The molecule has 3 rings (SSSR count). The van der Waals surface area contributed by atoms with Crippen LogP contribution in [0.25, 0.3) is 11.0 Å². The van der Waals surface area contributed by atoms with E-state index in [1.165, 1.54) is 0 Å². The molecular weight excluding hydrogens is 264 g/mol. The van der Waals surface area contributed by atoms with E-state index in [0.717, 1.165) is 36.2 Å². The Hall–Kier alpha value is -1.81. The van der Waals surface area contributed by atoms with Gasteiger partial charge in [0.15, 0.2) is 0 Å². The first kappa shape index (κ1) is 14.1. The predicted molar refractivity (Wildman–Crippen MR) is 82.9 cm³/mol. The zero-order valence-electron chi connectivity index (χ0n) is 12.6. The Morgan fingerprint density at radius 3 is 2.86 bits per heavy atom. The molecule has 1 fully saturated rings. The second-order valence-electron chi connectivity index (χ2n) is 6.08. The molecule has 1 aliphatic rings. The molecular formula is C17H22N2O2. The monoisotopic (exact) mass is 286 g/mol. The Morgan fingerprint density at radius 1 is 1.38 bits per heavy atom. The molecule has 0 unspecified atom stereocenters. The highest BCUT2D eigenvalue weighted by Gasteiger charge is 2.24. The van der Waals surface area contributed by atoms with Crippen LogP contribution in [0.4, 0.5) is 0 Å². The van der Waals surface area contributed by atoms with E-state index in [2.05, 4.69) is 36.2 Å². The van der Waals surface area contributed by atoms with Crippen LogP contribution >= 0.6 is 0 Å². The molecule has 4 heteroatoms. The summed E-state index contributed by atoms with van der Waals surface area (Å²) in [6, 6.07) is 10.9. The van der Waals surface area contributed by atoms with Gasteiger partial charge in [-0.2, -0.15) is 0 Å². The van der Waals surface area contributed by atoms with Crippen molar-refractivity contribution in [3.63, 3.8) is 0 Å². The highest BCUT2D eigenvalue weighted by atomic mass is 16.3. The van der Waals surface area contributed by atoms with Crippen molar-refractivity contribution in [2.75, 3.05) is 6.54 Å². The average Bonchev–Trinajstić information content (AvgIpc) is 3.03. The summed E-state index contributed by atoms with van der Waals surface area (Å²) in [6.45, 7) is 6.01. The number of nitrogens with zero attached hydrogens (tertiary/aromatic N) is 1. The van der Waals surface area contributed by atoms with Crippen LogP contribution < -0.4 is 5.32 Å². The fraction of sp³-hybridized carbons (Fsp3) is 0.471. The van der Waals surface area contributed by atoms with Crippen molar-refractivity contribution in [2.45, 2.75) is 45.3 Å². The van der Waals surface area contributed by atoms with Crippen molar-refractivity contribution in [1.82, 2.24) is 10.2 Å². The van der Waals surface area contributed by atoms with Crippen LogP contribution in [0.15, 0.2) is 34.7 Å². The maximum Gasteiger partial charge on any atom is 0.220 e. The van der Waals surface area contributed by atoms with Crippen LogP contribution in [0, 0.1) is 0 Å². The summed E-state index contributed by atoms with van der Waals surface area (Å²) in [7, 11) is 0. The van der Waals surface area contributed by atoms with Crippen LogP contribution in [0.1, 0.15) is 32.4 Å². The lowest BCUT2D eigenvalue weighted by atomic mass is 10.2. The molecule has 1 aliphatic heterocycles. The van der Waals surface area contributed by atoms with Crippen molar-refractivity contribution in [2.24, 2.45) is 0 Å². The van der Waals surface area contributed by atoms with Crippen molar-refractivity contribution >= 4 is 16.9 Å². The van der Waals surface area contributed by atoms with Gasteiger partial charge in [0.25, 0.3) is 0 Å². The average molecular weight is 286 g/mol. The smallest absolute Gasteiger partial charge is 0.220 e. The van der Waals surface area contributed by atoms with E-state index in [4.69, 9.17) is 4.42 Å². The van der Waals surface area contributed by atoms with E-state index in [-0.39, 0.29) is 11.9 Å². The third-order valence-electron chi connectivity index (χ3n) is 4.11. The van der Waals surface area contributed by atoms with Gasteiger partial charge in [-0.1, -0.05) is 18.2 Å². The highest BCUT2D eigenvalue weighted by molar-refractivity contribution is 5.78. The number of fused-ring (bicyclic) bond motifs is 1. The Kier molecular flexibility index (Phi) is 3.97. The molecule has 1 saturated heterocycles. The molecule has 0 saturated carbocycles. The molecule has 0 bridgehead atoms. The summed E-state index contributed by atoms with van der Waals surface area (Å²) in [4.78, 5) is 13.7. The number of carbonyl (C=O) groups is 1. The molecule has 1 aromatic carbocycles. The second-order valence-corrected chi connectivity index (χ2v) is 6.08. The van der Waals surface area contributed by atoms with Gasteiger partial charge in [-0.15, -0.1) is 0 Å². The van der Waals surface area contributed by atoms with E-state index >= 15 is 0 Å². The van der Waals surface area contributed by atoms with Crippen LogP contribution in [-0.2, 0) is 11.3 Å². The first-order valence-corrected chi connectivity index (χ1v) is 7.62. The molecule has 0 radical (unpaired) electrons. The van der Waals surface area contributed by atoms with Gasteiger partial charge in [-0.25, -0.2) is 0 Å². The normalized spacial score (nSPS) is 18.9. The first-order valence-electron chi connectivity index (χ1n) is 7.62. The lowest BCUT2D eigenvalue weighted by Crippen LogP contribution is -2.41. The van der Waals surface area contributed by atoms with E-state index in [0.29, 0.717) is 12.5 Å². The summed E-state index contributed by atoms with van der Waals surface area (Å²) >= 11 is 0. The van der Waals surface area contributed by atoms with Crippen molar-refractivity contribution in [1.29, 1.82) is 0 Å². The van der Waals surface area contributed by atoms with Gasteiger partial charge in [0.1, 0.15) is 11.3 Å². The molecule has 2 heterocycles. The zero-order chi connectivity index (χ0) is 14.8. The van der Waals surface area contributed by atoms with Crippen molar-refractivity contribution in [3.05, 3.63) is 36.1 Å². The summed E-state index contributed by atoms with van der Waals surface area (Å²) in [5.41, 5.74) is 0.936. The number of para-hydroxylation sites is 1. The largest absolute Gasteiger partial charge is 0.460 e. The topological polar surface area (TPSA) is 45.5 Å². The first-order chi connectivity index (χ1) is 10.1. The molecule has 1 atom stereocenters. The maximum atomic E-state index is 11.3. The van der Waals surface area contributed by atoms with Gasteiger partial charge >= 0.3 is 0 Å². The third-order valence-corrected chi connectivity index (χ3v) is 4.11. The summed E-state index contributed by atoms with van der Waals surface area (Å²) in [6.07, 6.45) is 1.59. The number of nitrogens with one attached hydrogen (secondary N) is 1. The molecule has 1 amide bonds. The van der Waals surface area contributed by atoms with Crippen LogP contribution in [-0.4, -0.2) is 29.4 Å². The molecule has 4 nitrogen and oxygen atoms in total. The predicted octanol–water partition coefficient (Wildman–Crippen LogP) is 2.92. The summed E-state index contributed by atoms with van der Waals surface area (Å²) in [5, 5.41) is 4.18. The number of amides is 1. The number of hydrogen-bond donors (Lipinski definition) is 1. The number of furan rings is 1. The highest BCUT2D eigenvalue weighted by Crippen LogP contribution is 2.21. The van der Waals surface area contributed by atoms with Gasteiger partial charge in [0, 0.05) is 30.4 Å². The van der Waals surface area contributed by atoms with Gasteiger partial charge in [-0.05, 0) is 32.4 Å². The van der Waals surface area contributed by atoms with Crippen molar-refractivity contribution < 1.29 is 9.21 Å². The molecule has 21 heavy (non-hydrogen) atoms. The van der Waals surface area contributed by atoms with Crippen LogP contribution in [0.2, 0.25) is 0 Å². The maximum absolute atomic E-state index is 11.3. The zero-order valence-corrected chi connectivity index (χ0v) is 12.6. The lowest BCUT2D eigenvalue weighted by molar-refractivity contribution is -0.119. The quantitative estimate of drug-likeness (QED) is 0.919. The molecule has 0 spiro atoms. The number of carbonyl (C=O) groups excluding carboxylic acids is 1. The van der Waals surface area contributed by atoms with Gasteiger partial charge < -0.3 is 9.73 Å². The standard InChI is InChI=1S/C17H22N2O2/c1-12(2)19(10-14-7-8-17(20)18-14)11-15-9-13-5-3-4-6-16(13)21-15/h3-6,9,12,14H,7-8,10-11H2,1-2H3,(H,18,20)/t14-/m1/s1. The van der Waals surface area contributed by atoms with E-state index in [9.17, 15) is 4.79 Å². The Morgan fingerprint density at radius 2 is 2.19 bits per heavy atom. The third kappa shape index (κ3) is 3.27. The van der Waals surface area contributed by atoms with Crippen LogP contribution in [0.3, 0.4) is 0 Å². The Balaban J connectivity index is 1.70. The number of benzene rings is 1. The molecule has 112 valence electrons. The minimum absolute atomic E-state index is 0.174. The van der Waals surface area contributed by atoms with Gasteiger partial charge in [0.05, 0.1) is 6.54 Å².